The molecular weight excluding hydrogens is 258 g/mol. The highest BCUT2D eigenvalue weighted by atomic mass is 15.3. The molecule has 0 spiro atoms. The summed E-state index contributed by atoms with van der Waals surface area (Å²) in [6.45, 7) is 6.60. The van der Waals surface area contributed by atoms with E-state index in [1.54, 1.807) is 0 Å². The fourth-order valence-electron chi connectivity index (χ4n) is 3.54. The molecule has 0 aliphatic heterocycles. The summed E-state index contributed by atoms with van der Waals surface area (Å²) in [4.78, 5) is 0. The first-order valence-electron chi connectivity index (χ1n) is 7.89. The smallest absolute Gasteiger partial charge is 0.0540 e. The summed E-state index contributed by atoms with van der Waals surface area (Å²) < 4.78 is 2.03. The van der Waals surface area contributed by atoms with Crippen molar-refractivity contribution >= 4 is 0 Å². The number of hydrogen-bond donors (Lipinski definition) is 1. The predicted molar refractivity (Wildman–Crippen MR) is 86.4 cm³/mol. The fraction of sp³-hybridized carbons (Fsp3) is 0.500. The summed E-state index contributed by atoms with van der Waals surface area (Å²) in [5, 5.41) is 8.24. The summed E-state index contributed by atoms with van der Waals surface area (Å²) >= 11 is 0. The first-order chi connectivity index (χ1) is 10.0. The molecular formula is C18H25N3. The van der Waals surface area contributed by atoms with Gasteiger partial charge in [-0.25, -0.2) is 0 Å². The Balaban J connectivity index is 1.80. The normalized spacial score (nSPS) is 19.3. The van der Waals surface area contributed by atoms with E-state index in [1.165, 1.54) is 40.8 Å². The van der Waals surface area contributed by atoms with Gasteiger partial charge in [-0.15, -0.1) is 0 Å². The lowest BCUT2D eigenvalue weighted by Gasteiger charge is -2.27. The zero-order valence-electron chi connectivity index (χ0n) is 13.5. The standard InChI is InChI=1S/C18H25N3/c1-12-8-13(2)10-15(9-12)14(3)20-17-6-5-7-18-16(17)11-19-21(18)4/h8-11,14,17,20H,5-7H2,1-4H3. The highest BCUT2D eigenvalue weighted by molar-refractivity contribution is 5.31. The van der Waals surface area contributed by atoms with E-state index in [2.05, 4.69) is 56.4 Å². The number of rotatable bonds is 3. The van der Waals surface area contributed by atoms with Gasteiger partial charge in [0, 0.05) is 30.4 Å². The molecule has 1 N–H and O–H groups in total. The average Bonchev–Trinajstić information content (AvgIpc) is 2.81. The highest BCUT2D eigenvalue weighted by Gasteiger charge is 2.24. The zero-order valence-corrected chi connectivity index (χ0v) is 13.5. The summed E-state index contributed by atoms with van der Waals surface area (Å²) in [7, 11) is 2.05. The van der Waals surface area contributed by atoms with Crippen molar-refractivity contribution in [2.24, 2.45) is 7.05 Å². The quantitative estimate of drug-likeness (QED) is 0.929. The van der Waals surface area contributed by atoms with Crippen LogP contribution >= 0.6 is 0 Å². The highest BCUT2D eigenvalue weighted by Crippen LogP contribution is 2.31. The second-order valence-electron chi connectivity index (χ2n) is 6.42. The number of hydrogen-bond acceptors (Lipinski definition) is 2. The van der Waals surface area contributed by atoms with Gasteiger partial charge in [-0.2, -0.15) is 5.10 Å². The van der Waals surface area contributed by atoms with Crippen LogP contribution in [0, 0.1) is 13.8 Å². The van der Waals surface area contributed by atoms with E-state index in [0.717, 1.165) is 6.42 Å². The molecule has 2 atom stereocenters. The lowest BCUT2D eigenvalue weighted by atomic mass is 9.91. The van der Waals surface area contributed by atoms with Crippen LogP contribution in [-0.2, 0) is 13.5 Å². The molecule has 112 valence electrons. The van der Waals surface area contributed by atoms with Gasteiger partial charge in [-0.1, -0.05) is 29.3 Å². The van der Waals surface area contributed by atoms with Crippen LogP contribution in [0.25, 0.3) is 0 Å². The largest absolute Gasteiger partial charge is 0.303 e. The molecule has 1 heterocycles. The number of nitrogens with one attached hydrogen (secondary N) is 1. The van der Waals surface area contributed by atoms with Gasteiger partial charge in [0.25, 0.3) is 0 Å². The maximum atomic E-state index is 4.43. The predicted octanol–water partition coefficient (Wildman–Crippen LogP) is 3.77. The fourth-order valence-corrected chi connectivity index (χ4v) is 3.54. The third-order valence-corrected chi connectivity index (χ3v) is 4.57. The van der Waals surface area contributed by atoms with Gasteiger partial charge in [-0.3, -0.25) is 4.68 Å². The van der Waals surface area contributed by atoms with E-state index < -0.39 is 0 Å². The number of benzene rings is 1. The van der Waals surface area contributed by atoms with Gasteiger partial charge in [0.2, 0.25) is 0 Å². The Morgan fingerprint density at radius 3 is 2.67 bits per heavy atom. The van der Waals surface area contributed by atoms with Crippen molar-refractivity contribution in [1.82, 2.24) is 15.1 Å². The molecule has 0 radical (unpaired) electrons. The summed E-state index contributed by atoms with van der Waals surface area (Å²) in [6, 6.07) is 7.60. The van der Waals surface area contributed by atoms with E-state index in [9.17, 15) is 0 Å². The molecule has 0 saturated carbocycles. The van der Waals surface area contributed by atoms with Crippen molar-refractivity contribution < 1.29 is 0 Å². The molecule has 0 amide bonds. The Morgan fingerprint density at radius 1 is 1.24 bits per heavy atom. The monoisotopic (exact) mass is 283 g/mol. The van der Waals surface area contributed by atoms with Crippen LogP contribution in [0.4, 0.5) is 0 Å². The van der Waals surface area contributed by atoms with Crippen molar-refractivity contribution in [1.29, 1.82) is 0 Å². The number of nitrogens with zero attached hydrogens (tertiary/aromatic N) is 2. The van der Waals surface area contributed by atoms with Gasteiger partial charge < -0.3 is 5.32 Å². The molecule has 2 unspecified atom stereocenters. The van der Waals surface area contributed by atoms with E-state index in [4.69, 9.17) is 0 Å². The third-order valence-electron chi connectivity index (χ3n) is 4.57. The first-order valence-corrected chi connectivity index (χ1v) is 7.89. The maximum Gasteiger partial charge on any atom is 0.0540 e. The lowest BCUT2D eigenvalue weighted by Crippen LogP contribution is -2.27. The van der Waals surface area contributed by atoms with Gasteiger partial charge in [0.1, 0.15) is 0 Å². The summed E-state index contributed by atoms with van der Waals surface area (Å²) in [6.07, 6.45) is 5.64. The molecule has 0 bridgehead atoms. The van der Waals surface area contributed by atoms with E-state index in [-0.39, 0.29) is 0 Å². The molecule has 1 aliphatic carbocycles. The molecule has 1 aromatic heterocycles. The van der Waals surface area contributed by atoms with Crippen LogP contribution in [-0.4, -0.2) is 9.78 Å². The SMILES string of the molecule is Cc1cc(C)cc(C(C)NC2CCCc3c2cnn3C)c1. The van der Waals surface area contributed by atoms with Gasteiger partial charge in [0.15, 0.2) is 0 Å². The Kier molecular flexibility index (Phi) is 3.85. The van der Waals surface area contributed by atoms with Crippen molar-refractivity contribution in [2.45, 2.75) is 52.1 Å². The summed E-state index contributed by atoms with van der Waals surface area (Å²) in [5.74, 6) is 0. The molecule has 1 aliphatic rings. The average molecular weight is 283 g/mol. The van der Waals surface area contributed by atoms with Crippen LogP contribution in [0.5, 0.6) is 0 Å². The molecule has 0 saturated heterocycles. The van der Waals surface area contributed by atoms with Crippen LogP contribution in [0.1, 0.15) is 59.8 Å². The Hall–Kier alpha value is -1.61. The molecule has 3 nitrogen and oxygen atoms in total. The minimum atomic E-state index is 0.361. The van der Waals surface area contributed by atoms with Crippen molar-refractivity contribution in [3.05, 3.63) is 52.3 Å². The van der Waals surface area contributed by atoms with Crippen LogP contribution in [0.3, 0.4) is 0 Å². The Morgan fingerprint density at radius 2 is 1.95 bits per heavy atom. The Labute approximate surface area is 127 Å². The molecule has 3 rings (SSSR count). The van der Waals surface area contributed by atoms with E-state index >= 15 is 0 Å². The summed E-state index contributed by atoms with van der Waals surface area (Å²) in [5.41, 5.74) is 6.84. The minimum Gasteiger partial charge on any atom is -0.303 e. The molecule has 0 fully saturated rings. The zero-order chi connectivity index (χ0) is 15.0. The van der Waals surface area contributed by atoms with Crippen molar-refractivity contribution in [3.8, 4) is 0 Å². The number of aryl methyl sites for hydroxylation is 3. The van der Waals surface area contributed by atoms with E-state index in [1.807, 2.05) is 10.9 Å². The third kappa shape index (κ3) is 2.88. The molecule has 1 aromatic carbocycles. The van der Waals surface area contributed by atoms with Crippen molar-refractivity contribution in [2.75, 3.05) is 0 Å². The minimum absolute atomic E-state index is 0.361. The van der Waals surface area contributed by atoms with Crippen molar-refractivity contribution in [3.63, 3.8) is 0 Å². The number of fused-ring (bicyclic) bond motifs is 1. The topological polar surface area (TPSA) is 29.9 Å². The second kappa shape index (κ2) is 5.64. The maximum absolute atomic E-state index is 4.43. The Bertz CT molecular complexity index is 622. The molecule has 3 heteroatoms. The van der Waals surface area contributed by atoms with Crippen LogP contribution in [0.15, 0.2) is 24.4 Å². The van der Waals surface area contributed by atoms with Gasteiger partial charge in [0.05, 0.1) is 6.20 Å². The second-order valence-corrected chi connectivity index (χ2v) is 6.42. The van der Waals surface area contributed by atoms with E-state index in [0.29, 0.717) is 12.1 Å². The van der Waals surface area contributed by atoms with Crippen LogP contribution in [0.2, 0.25) is 0 Å². The molecule has 2 aromatic rings. The first kappa shape index (κ1) is 14.3. The molecule has 21 heavy (non-hydrogen) atoms. The number of aromatic nitrogens is 2. The lowest BCUT2D eigenvalue weighted by molar-refractivity contribution is 0.411. The van der Waals surface area contributed by atoms with Gasteiger partial charge >= 0.3 is 0 Å². The van der Waals surface area contributed by atoms with Crippen LogP contribution < -0.4 is 5.32 Å². The van der Waals surface area contributed by atoms with Gasteiger partial charge in [-0.05, 0) is 45.6 Å².